The van der Waals surface area contributed by atoms with E-state index in [0.29, 0.717) is 12.1 Å². The van der Waals surface area contributed by atoms with Gasteiger partial charge in [0.1, 0.15) is 5.82 Å². The fraction of sp³-hybridized carbons (Fsp3) is 0.176. The summed E-state index contributed by atoms with van der Waals surface area (Å²) in [6.07, 6.45) is 1.84. The molecule has 106 valence electrons. The van der Waals surface area contributed by atoms with E-state index < -0.39 is 0 Å². The highest BCUT2D eigenvalue weighted by atomic mass is 16.1. The molecule has 21 heavy (non-hydrogen) atoms. The Morgan fingerprint density at radius 1 is 1.10 bits per heavy atom. The number of nitrogens with one attached hydrogen (secondary N) is 1. The third-order valence-electron chi connectivity index (χ3n) is 3.64. The summed E-state index contributed by atoms with van der Waals surface area (Å²) in [7, 11) is 0. The molecule has 0 spiro atoms. The zero-order valence-corrected chi connectivity index (χ0v) is 12.1. The lowest BCUT2D eigenvalue weighted by atomic mass is 10.1. The Morgan fingerprint density at radius 3 is 2.48 bits per heavy atom. The summed E-state index contributed by atoms with van der Waals surface area (Å²) in [5, 5.41) is 0. The van der Waals surface area contributed by atoms with Crippen LogP contribution < -0.4 is 5.56 Å². The molecule has 0 aliphatic rings. The van der Waals surface area contributed by atoms with Gasteiger partial charge in [0.15, 0.2) is 0 Å². The Hall–Kier alpha value is -2.62. The number of pyridine rings is 1. The molecule has 0 radical (unpaired) electrons. The minimum Gasteiger partial charge on any atom is -0.327 e. The van der Waals surface area contributed by atoms with Gasteiger partial charge in [0.2, 0.25) is 0 Å². The van der Waals surface area contributed by atoms with Gasteiger partial charge in [0, 0.05) is 23.1 Å². The number of aryl methyl sites for hydroxylation is 2. The van der Waals surface area contributed by atoms with Crippen molar-refractivity contribution in [3.8, 4) is 11.1 Å². The third kappa shape index (κ3) is 2.65. The van der Waals surface area contributed by atoms with E-state index in [2.05, 4.69) is 14.5 Å². The van der Waals surface area contributed by atoms with E-state index >= 15 is 0 Å². The number of hydrogen-bond donors (Lipinski definition) is 1. The van der Waals surface area contributed by atoms with Crippen LogP contribution in [0, 0.1) is 13.8 Å². The normalized spacial score (nSPS) is 10.8. The van der Waals surface area contributed by atoms with Crippen LogP contribution in [0.2, 0.25) is 0 Å². The van der Waals surface area contributed by atoms with Gasteiger partial charge in [-0.15, -0.1) is 0 Å². The first kappa shape index (κ1) is 13.4. The predicted octanol–water partition coefficient (Wildman–Crippen LogP) is 2.90. The average Bonchev–Trinajstić information content (AvgIpc) is 2.80. The van der Waals surface area contributed by atoms with Crippen molar-refractivity contribution in [2.75, 3.05) is 0 Å². The molecule has 2 heterocycles. The maximum absolute atomic E-state index is 12.3. The summed E-state index contributed by atoms with van der Waals surface area (Å²) >= 11 is 0. The van der Waals surface area contributed by atoms with Crippen molar-refractivity contribution in [1.82, 2.24) is 14.5 Å². The fourth-order valence-electron chi connectivity index (χ4n) is 2.44. The second-order valence-electron chi connectivity index (χ2n) is 5.13. The van der Waals surface area contributed by atoms with Crippen molar-refractivity contribution in [2.45, 2.75) is 20.4 Å². The van der Waals surface area contributed by atoms with E-state index in [1.165, 1.54) is 0 Å². The summed E-state index contributed by atoms with van der Waals surface area (Å²) in [4.78, 5) is 19.5. The van der Waals surface area contributed by atoms with E-state index in [0.717, 1.165) is 22.8 Å². The number of rotatable bonds is 3. The molecule has 4 nitrogen and oxygen atoms in total. The van der Waals surface area contributed by atoms with Gasteiger partial charge in [0.05, 0.1) is 6.54 Å². The van der Waals surface area contributed by atoms with E-state index in [1.807, 2.05) is 62.5 Å². The first-order valence-corrected chi connectivity index (χ1v) is 6.91. The number of imidazole rings is 1. The highest BCUT2D eigenvalue weighted by Gasteiger charge is 2.07. The number of H-pyrrole nitrogens is 1. The van der Waals surface area contributed by atoms with Crippen LogP contribution in [0.4, 0.5) is 0 Å². The first-order chi connectivity index (χ1) is 10.1. The van der Waals surface area contributed by atoms with Crippen molar-refractivity contribution in [3.63, 3.8) is 0 Å². The molecule has 0 bridgehead atoms. The number of nitrogens with zero attached hydrogens (tertiary/aromatic N) is 2. The molecule has 0 saturated heterocycles. The van der Waals surface area contributed by atoms with Crippen molar-refractivity contribution in [1.29, 1.82) is 0 Å². The Morgan fingerprint density at radius 2 is 1.86 bits per heavy atom. The highest BCUT2D eigenvalue weighted by Crippen LogP contribution is 2.15. The zero-order valence-electron chi connectivity index (χ0n) is 12.1. The molecule has 1 aromatic carbocycles. The van der Waals surface area contributed by atoms with Crippen LogP contribution in [-0.4, -0.2) is 14.5 Å². The molecule has 0 atom stereocenters. The van der Waals surface area contributed by atoms with E-state index in [-0.39, 0.29) is 5.56 Å². The molecule has 3 rings (SSSR count). The second kappa shape index (κ2) is 5.40. The molecular formula is C17H17N3O. The van der Waals surface area contributed by atoms with Gasteiger partial charge in [-0.05, 0) is 31.5 Å². The Bertz CT molecular complexity index is 796. The number of aromatic amines is 1. The molecule has 2 aromatic heterocycles. The van der Waals surface area contributed by atoms with E-state index in [1.54, 1.807) is 0 Å². The highest BCUT2D eigenvalue weighted by molar-refractivity contribution is 5.62. The Labute approximate surface area is 123 Å². The number of aromatic nitrogens is 3. The molecule has 0 saturated carbocycles. The largest absolute Gasteiger partial charge is 0.327 e. The molecule has 0 aliphatic heterocycles. The van der Waals surface area contributed by atoms with Crippen molar-refractivity contribution >= 4 is 0 Å². The van der Waals surface area contributed by atoms with Crippen LogP contribution in [0.3, 0.4) is 0 Å². The van der Waals surface area contributed by atoms with Gasteiger partial charge in [0.25, 0.3) is 5.56 Å². The van der Waals surface area contributed by atoms with E-state index in [4.69, 9.17) is 0 Å². The lowest BCUT2D eigenvalue weighted by molar-refractivity contribution is 0.719. The lowest BCUT2D eigenvalue weighted by Crippen LogP contribution is -2.14. The summed E-state index contributed by atoms with van der Waals surface area (Å²) < 4.78 is 2.08. The predicted molar refractivity (Wildman–Crippen MR) is 83.3 cm³/mol. The van der Waals surface area contributed by atoms with Crippen LogP contribution in [0.1, 0.15) is 17.2 Å². The summed E-state index contributed by atoms with van der Waals surface area (Å²) in [6, 6.07) is 13.5. The maximum atomic E-state index is 12.3. The van der Waals surface area contributed by atoms with Gasteiger partial charge >= 0.3 is 0 Å². The number of hydrogen-bond acceptors (Lipinski definition) is 2. The van der Waals surface area contributed by atoms with Gasteiger partial charge in [-0.1, -0.05) is 30.3 Å². The van der Waals surface area contributed by atoms with Gasteiger partial charge in [-0.2, -0.15) is 0 Å². The van der Waals surface area contributed by atoms with Crippen LogP contribution in [0.25, 0.3) is 11.1 Å². The van der Waals surface area contributed by atoms with Crippen LogP contribution in [0.5, 0.6) is 0 Å². The molecule has 4 heteroatoms. The third-order valence-corrected chi connectivity index (χ3v) is 3.64. The minimum atomic E-state index is -0.0610. The fourth-order valence-corrected chi connectivity index (χ4v) is 2.44. The van der Waals surface area contributed by atoms with Crippen LogP contribution in [0.15, 0.2) is 53.5 Å². The van der Waals surface area contributed by atoms with Gasteiger partial charge < -0.3 is 9.55 Å². The first-order valence-electron chi connectivity index (χ1n) is 6.91. The summed E-state index contributed by atoms with van der Waals surface area (Å²) in [5.41, 5.74) is 3.53. The van der Waals surface area contributed by atoms with Gasteiger partial charge in [-0.3, -0.25) is 4.79 Å². The number of benzene rings is 1. The smallest absolute Gasteiger partial charge is 0.256 e. The van der Waals surface area contributed by atoms with Crippen LogP contribution in [-0.2, 0) is 6.54 Å². The molecule has 1 N–H and O–H groups in total. The second-order valence-corrected chi connectivity index (χ2v) is 5.13. The molecule has 0 aliphatic carbocycles. The van der Waals surface area contributed by atoms with Crippen molar-refractivity contribution < 1.29 is 0 Å². The quantitative estimate of drug-likeness (QED) is 0.801. The Kier molecular flexibility index (Phi) is 3.44. The molecule has 0 amide bonds. The zero-order chi connectivity index (χ0) is 14.8. The topological polar surface area (TPSA) is 50.7 Å². The minimum absolute atomic E-state index is 0.0610. The standard InChI is InChI=1S/C17H17N3O/c1-12-10-18-13(2)20(12)11-15-8-9-16(17(21)19-15)14-6-4-3-5-7-14/h3-10H,11H2,1-2H3,(H,19,21). The molecular weight excluding hydrogens is 262 g/mol. The van der Waals surface area contributed by atoms with Crippen LogP contribution >= 0.6 is 0 Å². The average molecular weight is 279 g/mol. The van der Waals surface area contributed by atoms with Crippen molar-refractivity contribution in [3.05, 3.63) is 76.2 Å². The molecule has 0 fully saturated rings. The van der Waals surface area contributed by atoms with Crippen molar-refractivity contribution in [2.24, 2.45) is 0 Å². The molecule has 3 aromatic rings. The molecule has 0 unspecified atom stereocenters. The summed E-state index contributed by atoms with van der Waals surface area (Å²) in [6.45, 7) is 4.60. The SMILES string of the molecule is Cc1cnc(C)n1Cc1ccc(-c2ccccc2)c(=O)[nH]1. The van der Waals surface area contributed by atoms with E-state index in [9.17, 15) is 4.79 Å². The Balaban J connectivity index is 1.94. The van der Waals surface area contributed by atoms with Gasteiger partial charge in [-0.25, -0.2) is 4.98 Å². The monoisotopic (exact) mass is 279 g/mol. The lowest BCUT2D eigenvalue weighted by Gasteiger charge is -2.09. The summed E-state index contributed by atoms with van der Waals surface area (Å²) in [5.74, 6) is 0.945. The maximum Gasteiger partial charge on any atom is 0.256 e.